The van der Waals surface area contributed by atoms with Crippen molar-refractivity contribution in [3.63, 3.8) is 0 Å². The molecule has 0 bridgehead atoms. The molecule has 1 saturated carbocycles. The Morgan fingerprint density at radius 1 is 1.13 bits per heavy atom. The van der Waals surface area contributed by atoms with E-state index in [-0.39, 0.29) is 17.4 Å². The molecule has 4 unspecified atom stereocenters. The smallest absolute Gasteiger partial charge is 0.243 e. The highest BCUT2D eigenvalue weighted by Gasteiger charge is 2.45. The van der Waals surface area contributed by atoms with Crippen molar-refractivity contribution in [1.82, 2.24) is 15.8 Å². The number of aromatic nitrogens is 1. The maximum atomic E-state index is 13.2. The lowest BCUT2D eigenvalue weighted by molar-refractivity contribution is -0.119. The zero-order valence-corrected chi connectivity index (χ0v) is 18.0. The number of ether oxygens (including phenoxy) is 1. The molecule has 1 amide bonds. The van der Waals surface area contributed by atoms with Gasteiger partial charge in [0, 0.05) is 18.2 Å². The molecule has 3 N–H and O–H groups in total. The summed E-state index contributed by atoms with van der Waals surface area (Å²) < 4.78 is 5.94. The van der Waals surface area contributed by atoms with Crippen molar-refractivity contribution in [2.75, 3.05) is 5.32 Å². The highest BCUT2D eigenvalue weighted by Crippen LogP contribution is 2.42. The number of carbonyl (C=O) groups excluding carboxylic acids is 1. The average Bonchev–Trinajstić information content (AvgIpc) is 3.17. The topological polar surface area (TPSA) is 75.3 Å². The van der Waals surface area contributed by atoms with E-state index in [4.69, 9.17) is 4.74 Å². The number of amides is 1. The summed E-state index contributed by atoms with van der Waals surface area (Å²) in [5, 5.41) is 3.09. The van der Waals surface area contributed by atoms with E-state index in [9.17, 15) is 4.79 Å². The first-order valence-electron chi connectivity index (χ1n) is 10.9. The van der Waals surface area contributed by atoms with Crippen LogP contribution in [0.15, 0.2) is 48.7 Å². The van der Waals surface area contributed by atoms with Gasteiger partial charge in [0.25, 0.3) is 0 Å². The molecule has 160 valence electrons. The minimum Gasteiger partial charge on any atom is -0.485 e. The lowest BCUT2D eigenvalue weighted by atomic mass is 9.66. The molecule has 0 radical (unpaired) electrons. The van der Waals surface area contributed by atoms with Crippen LogP contribution < -0.4 is 20.9 Å². The van der Waals surface area contributed by atoms with Gasteiger partial charge in [-0.25, -0.2) is 5.43 Å². The number of carbonyl (C=O) groups is 1. The van der Waals surface area contributed by atoms with Crippen LogP contribution in [-0.2, 0) is 11.4 Å². The van der Waals surface area contributed by atoms with Gasteiger partial charge in [0.2, 0.25) is 5.91 Å². The largest absolute Gasteiger partial charge is 0.485 e. The summed E-state index contributed by atoms with van der Waals surface area (Å²) >= 11 is 0. The molecule has 1 saturated heterocycles. The van der Waals surface area contributed by atoms with Crippen LogP contribution in [0.1, 0.15) is 45.7 Å². The zero-order chi connectivity index (χ0) is 21.1. The lowest BCUT2D eigenvalue weighted by Crippen LogP contribution is -2.43. The van der Waals surface area contributed by atoms with Gasteiger partial charge in [0.05, 0.1) is 11.4 Å². The Labute approximate surface area is 178 Å². The Hall–Kier alpha value is -2.44. The quantitative estimate of drug-likeness (QED) is 0.699. The summed E-state index contributed by atoms with van der Waals surface area (Å²) in [4.78, 5) is 17.5. The van der Waals surface area contributed by atoms with Gasteiger partial charge in [-0.1, -0.05) is 39.0 Å². The average molecular weight is 409 g/mol. The molecule has 4 atom stereocenters. The van der Waals surface area contributed by atoms with Crippen LogP contribution in [0, 0.1) is 17.3 Å². The first-order chi connectivity index (χ1) is 14.4. The summed E-state index contributed by atoms with van der Waals surface area (Å²) in [7, 11) is 0. The number of nitrogens with one attached hydrogen (secondary N) is 3. The van der Waals surface area contributed by atoms with Crippen molar-refractivity contribution in [3.8, 4) is 5.75 Å². The number of hydrazine groups is 1. The highest BCUT2D eigenvalue weighted by atomic mass is 16.5. The fourth-order valence-corrected chi connectivity index (χ4v) is 4.64. The van der Waals surface area contributed by atoms with Crippen LogP contribution in [0.5, 0.6) is 5.75 Å². The van der Waals surface area contributed by atoms with Crippen molar-refractivity contribution in [2.45, 2.75) is 58.7 Å². The standard InChI is InChI=1S/C24H32N4O2/c1-24(2,3)16-11-12-19-18(14-16)22(28-27-19)23(29)26-20-9-4-5-10-21(20)30-15-17-8-6-7-13-25-17/h4-10,13,16,18-19,22,27-28H,11-12,14-15H2,1-3H3,(H,26,29). The van der Waals surface area contributed by atoms with Crippen molar-refractivity contribution >= 4 is 11.6 Å². The van der Waals surface area contributed by atoms with E-state index in [1.807, 2.05) is 42.5 Å². The van der Waals surface area contributed by atoms with E-state index in [2.05, 4.69) is 41.9 Å². The monoisotopic (exact) mass is 408 g/mol. The molecule has 2 heterocycles. The third-order valence-electron chi connectivity index (χ3n) is 6.51. The Morgan fingerprint density at radius 2 is 1.93 bits per heavy atom. The van der Waals surface area contributed by atoms with Gasteiger partial charge in [0.1, 0.15) is 18.4 Å². The molecular weight excluding hydrogens is 376 g/mol. The predicted molar refractivity (Wildman–Crippen MR) is 118 cm³/mol. The summed E-state index contributed by atoms with van der Waals surface area (Å²) in [5.41, 5.74) is 8.41. The van der Waals surface area contributed by atoms with Crippen LogP contribution in [0.25, 0.3) is 0 Å². The van der Waals surface area contributed by atoms with E-state index < -0.39 is 0 Å². The molecule has 2 aliphatic rings. The molecule has 2 fully saturated rings. The van der Waals surface area contributed by atoms with Crippen molar-refractivity contribution in [2.24, 2.45) is 17.3 Å². The Morgan fingerprint density at radius 3 is 2.70 bits per heavy atom. The van der Waals surface area contributed by atoms with Gasteiger partial charge < -0.3 is 10.1 Å². The minimum atomic E-state index is -0.246. The number of rotatable bonds is 5. The van der Waals surface area contributed by atoms with Crippen LogP contribution >= 0.6 is 0 Å². The number of pyridine rings is 1. The molecule has 6 heteroatoms. The number of nitrogens with zero attached hydrogens (tertiary/aromatic N) is 1. The zero-order valence-electron chi connectivity index (χ0n) is 18.0. The molecule has 1 aromatic carbocycles. The van der Waals surface area contributed by atoms with Crippen molar-refractivity contribution < 1.29 is 9.53 Å². The van der Waals surface area contributed by atoms with Gasteiger partial charge in [0.15, 0.2) is 0 Å². The first-order valence-corrected chi connectivity index (χ1v) is 10.9. The normalized spacial score (nSPS) is 26.1. The second-order valence-corrected chi connectivity index (χ2v) is 9.51. The molecule has 30 heavy (non-hydrogen) atoms. The third-order valence-corrected chi connectivity index (χ3v) is 6.51. The van der Waals surface area contributed by atoms with Gasteiger partial charge in [-0.3, -0.25) is 15.2 Å². The lowest BCUT2D eigenvalue weighted by Gasteiger charge is -2.39. The van der Waals surface area contributed by atoms with E-state index in [0.29, 0.717) is 35.9 Å². The van der Waals surface area contributed by atoms with Gasteiger partial charge in [-0.2, -0.15) is 0 Å². The Kier molecular flexibility index (Phi) is 6.06. The molecule has 1 aliphatic carbocycles. The first kappa shape index (κ1) is 20.8. The maximum absolute atomic E-state index is 13.2. The summed E-state index contributed by atoms with van der Waals surface area (Å²) in [6, 6.07) is 13.4. The van der Waals surface area contributed by atoms with E-state index >= 15 is 0 Å². The number of benzene rings is 1. The van der Waals surface area contributed by atoms with E-state index in [1.165, 1.54) is 6.42 Å². The summed E-state index contributed by atoms with van der Waals surface area (Å²) in [5.74, 6) is 1.56. The highest BCUT2D eigenvalue weighted by molar-refractivity contribution is 5.96. The molecular formula is C24H32N4O2. The number of fused-ring (bicyclic) bond motifs is 1. The van der Waals surface area contributed by atoms with E-state index in [1.54, 1.807) is 6.20 Å². The van der Waals surface area contributed by atoms with Crippen LogP contribution in [-0.4, -0.2) is 23.0 Å². The van der Waals surface area contributed by atoms with Crippen molar-refractivity contribution in [3.05, 3.63) is 54.4 Å². The van der Waals surface area contributed by atoms with Gasteiger partial charge in [-0.15, -0.1) is 0 Å². The molecule has 1 aliphatic heterocycles. The summed E-state index contributed by atoms with van der Waals surface area (Å²) in [6.07, 6.45) is 5.12. The Bertz CT molecular complexity index is 865. The SMILES string of the molecule is CC(C)(C)C1CCC2NNC(C(=O)Nc3ccccc3OCc3ccccn3)C2C1. The number of hydrogen-bond acceptors (Lipinski definition) is 5. The molecule has 6 nitrogen and oxygen atoms in total. The van der Waals surface area contributed by atoms with Crippen molar-refractivity contribution in [1.29, 1.82) is 0 Å². The van der Waals surface area contributed by atoms with Crippen LogP contribution in [0.2, 0.25) is 0 Å². The minimum absolute atomic E-state index is 0.0153. The third kappa shape index (κ3) is 4.65. The molecule has 4 rings (SSSR count). The molecule has 1 aromatic heterocycles. The van der Waals surface area contributed by atoms with Crippen LogP contribution in [0.3, 0.4) is 0 Å². The second-order valence-electron chi connectivity index (χ2n) is 9.51. The fraction of sp³-hybridized carbons (Fsp3) is 0.500. The van der Waals surface area contributed by atoms with Gasteiger partial charge in [-0.05, 0) is 54.9 Å². The van der Waals surface area contributed by atoms with E-state index in [0.717, 1.165) is 18.5 Å². The second kappa shape index (κ2) is 8.74. The Balaban J connectivity index is 1.42. The predicted octanol–water partition coefficient (Wildman–Crippen LogP) is 3.91. The summed E-state index contributed by atoms with van der Waals surface area (Å²) in [6.45, 7) is 7.27. The number of para-hydroxylation sites is 2. The molecule has 0 spiro atoms. The van der Waals surface area contributed by atoms with Gasteiger partial charge >= 0.3 is 0 Å². The maximum Gasteiger partial charge on any atom is 0.243 e. The fourth-order valence-electron chi connectivity index (χ4n) is 4.64. The number of hydrogen-bond donors (Lipinski definition) is 3. The van der Waals surface area contributed by atoms with Crippen LogP contribution in [0.4, 0.5) is 5.69 Å². The number of anilines is 1. The molecule has 2 aromatic rings.